The van der Waals surface area contributed by atoms with Crippen molar-refractivity contribution in [3.05, 3.63) is 41.6 Å². The van der Waals surface area contributed by atoms with Crippen LogP contribution in [0.1, 0.15) is 11.3 Å². The van der Waals surface area contributed by atoms with Crippen molar-refractivity contribution in [2.75, 3.05) is 11.3 Å². The van der Waals surface area contributed by atoms with Gasteiger partial charge in [0, 0.05) is 11.8 Å². The maximum atomic E-state index is 12.5. The number of aliphatic hydroxyl groups is 1. The Labute approximate surface area is 130 Å². The van der Waals surface area contributed by atoms with Crippen LogP contribution in [0.15, 0.2) is 35.2 Å². The molecule has 0 radical (unpaired) electrons. The molecule has 10 heteroatoms. The molecule has 0 bridgehead atoms. The molecule has 1 aromatic heterocycles. The summed E-state index contributed by atoms with van der Waals surface area (Å²) in [5.41, 5.74) is -0.302. The Balaban J connectivity index is 2.23. The molecule has 2 rings (SSSR count). The molecular weight excluding hydrogens is 335 g/mol. The molecule has 0 aliphatic heterocycles. The van der Waals surface area contributed by atoms with Crippen molar-refractivity contribution in [1.29, 1.82) is 0 Å². The van der Waals surface area contributed by atoms with Crippen LogP contribution in [0.3, 0.4) is 0 Å². The Hall–Kier alpha value is -2.07. The number of nitrogens with one attached hydrogen (secondary N) is 1. The lowest BCUT2D eigenvalue weighted by Gasteiger charge is -2.08. The van der Waals surface area contributed by atoms with Gasteiger partial charge in [-0.05, 0) is 31.2 Å². The van der Waals surface area contributed by atoms with E-state index in [1.807, 2.05) is 0 Å². The quantitative estimate of drug-likeness (QED) is 0.865. The van der Waals surface area contributed by atoms with Gasteiger partial charge < -0.3 is 5.11 Å². The van der Waals surface area contributed by atoms with Crippen LogP contribution in [-0.2, 0) is 22.7 Å². The number of halogens is 3. The predicted octanol–water partition coefficient (Wildman–Crippen LogP) is 2.00. The molecule has 0 spiro atoms. The van der Waals surface area contributed by atoms with E-state index in [2.05, 4.69) is 9.82 Å². The number of alkyl halides is 3. The Bertz CT molecular complexity index is 783. The zero-order valence-electron chi connectivity index (χ0n) is 12.0. The van der Waals surface area contributed by atoms with Crippen LogP contribution in [-0.4, -0.2) is 29.9 Å². The number of hydrogen-bond donors (Lipinski definition) is 2. The summed E-state index contributed by atoms with van der Waals surface area (Å²) in [5, 5.41) is 12.8. The van der Waals surface area contributed by atoms with E-state index in [9.17, 15) is 21.6 Å². The number of aryl methyl sites for hydroxylation is 1. The predicted molar refractivity (Wildman–Crippen MR) is 76.3 cm³/mol. The highest BCUT2D eigenvalue weighted by atomic mass is 32.2. The fourth-order valence-electron chi connectivity index (χ4n) is 1.90. The van der Waals surface area contributed by atoms with E-state index in [1.165, 1.54) is 10.7 Å². The molecule has 0 atom stereocenters. The normalized spacial score (nSPS) is 12.4. The summed E-state index contributed by atoms with van der Waals surface area (Å²) in [7, 11) is -4.05. The molecule has 2 aromatic rings. The summed E-state index contributed by atoms with van der Waals surface area (Å²) in [6.45, 7) is 1.72. The second-order valence-electron chi connectivity index (χ2n) is 4.75. The first kappa shape index (κ1) is 17.3. The molecule has 0 amide bonds. The van der Waals surface area contributed by atoms with Crippen molar-refractivity contribution in [2.45, 2.75) is 24.5 Å². The van der Waals surface area contributed by atoms with E-state index < -0.39 is 21.8 Å². The number of benzene rings is 1. The minimum atomic E-state index is -4.53. The third-order valence-corrected chi connectivity index (χ3v) is 4.39. The van der Waals surface area contributed by atoms with Crippen molar-refractivity contribution >= 4 is 15.8 Å². The van der Waals surface area contributed by atoms with Crippen molar-refractivity contribution in [2.24, 2.45) is 0 Å². The fraction of sp³-hybridized carbons (Fsp3) is 0.308. The summed E-state index contributed by atoms with van der Waals surface area (Å²) in [6, 6.07) is 4.61. The number of nitrogens with zero attached hydrogens (tertiary/aromatic N) is 2. The van der Waals surface area contributed by atoms with Gasteiger partial charge in [0.05, 0.1) is 23.6 Å². The lowest BCUT2D eigenvalue weighted by molar-refractivity contribution is -0.137. The third kappa shape index (κ3) is 4.02. The Morgan fingerprint density at radius 2 is 1.87 bits per heavy atom. The number of sulfonamides is 1. The monoisotopic (exact) mass is 349 g/mol. The second kappa shape index (κ2) is 6.20. The standard InChI is InChI=1S/C13H14F3N3O3S/c1-9-8-12(17-19(9)6-7-20)18-23(21,22)11-4-2-10(3-5-11)13(14,15)16/h2-5,8,20H,6-7H2,1H3,(H,17,18). The molecule has 23 heavy (non-hydrogen) atoms. The highest BCUT2D eigenvalue weighted by molar-refractivity contribution is 7.92. The van der Waals surface area contributed by atoms with E-state index in [4.69, 9.17) is 5.11 Å². The topological polar surface area (TPSA) is 84.2 Å². The minimum absolute atomic E-state index is 0.0239. The smallest absolute Gasteiger partial charge is 0.394 e. The average molecular weight is 349 g/mol. The number of hydrogen-bond acceptors (Lipinski definition) is 4. The lowest BCUT2D eigenvalue weighted by Crippen LogP contribution is -2.14. The SMILES string of the molecule is Cc1cc(NS(=O)(=O)c2ccc(C(F)(F)F)cc2)nn1CCO. The maximum Gasteiger partial charge on any atom is 0.416 e. The van der Waals surface area contributed by atoms with Gasteiger partial charge in [-0.3, -0.25) is 9.40 Å². The summed E-state index contributed by atoms with van der Waals surface area (Å²) in [5.74, 6) is 0.0239. The molecular formula is C13H14F3N3O3S. The van der Waals surface area contributed by atoms with Crippen LogP contribution >= 0.6 is 0 Å². The number of rotatable bonds is 5. The van der Waals surface area contributed by atoms with Crippen molar-refractivity contribution < 1.29 is 26.7 Å². The van der Waals surface area contributed by atoms with Crippen LogP contribution in [0.2, 0.25) is 0 Å². The molecule has 0 aliphatic carbocycles. The first-order chi connectivity index (χ1) is 10.6. The summed E-state index contributed by atoms with van der Waals surface area (Å²) in [4.78, 5) is -0.306. The molecule has 1 aromatic carbocycles. The van der Waals surface area contributed by atoms with Gasteiger partial charge in [-0.15, -0.1) is 0 Å². The number of anilines is 1. The van der Waals surface area contributed by atoms with Gasteiger partial charge in [0.15, 0.2) is 5.82 Å². The third-order valence-electron chi connectivity index (χ3n) is 3.02. The molecule has 0 saturated heterocycles. The molecule has 6 nitrogen and oxygen atoms in total. The van der Waals surface area contributed by atoms with Gasteiger partial charge in [0.2, 0.25) is 0 Å². The Morgan fingerprint density at radius 3 is 2.39 bits per heavy atom. The highest BCUT2D eigenvalue weighted by Crippen LogP contribution is 2.30. The molecule has 126 valence electrons. The average Bonchev–Trinajstić information content (AvgIpc) is 2.78. The van der Waals surface area contributed by atoms with Crippen LogP contribution in [0, 0.1) is 6.92 Å². The Kier molecular flexibility index (Phi) is 4.66. The van der Waals surface area contributed by atoms with E-state index in [-0.39, 0.29) is 23.9 Å². The first-order valence-electron chi connectivity index (χ1n) is 6.49. The van der Waals surface area contributed by atoms with Gasteiger partial charge >= 0.3 is 6.18 Å². The van der Waals surface area contributed by atoms with Gasteiger partial charge in [-0.25, -0.2) is 8.42 Å². The fourth-order valence-corrected chi connectivity index (χ4v) is 2.89. The van der Waals surface area contributed by atoms with Crippen LogP contribution in [0.25, 0.3) is 0 Å². The molecule has 0 fully saturated rings. The van der Waals surface area contributed by atoms with Gasteiger partial charge in [0.25, 0.3) is 10.0 Å². The van der Waals surface area contributed by atoms with Crippen molar-refractivity contribution in [3.8, 4) is 0 Å². The van der Waals surface area contributed by atoms with Crippen LogP contribution in [0.5, 0.6) is 0 Å². The van der Waals surface area contributed by atoms with Crippen LogP contribution < -0.4 is 4.72 Å². The largest absolute Gasteiger partial charge is 0.416 e. The van der Waals surface area contributed by atoms with E-state index in [0.717, 1.165) is 12.1 Å². The Morgan fingerprint density at radius 1 is 1.26 bits per heavy atom. The molecule has 0 saturated carbocycles. The van der Waals surface area contributed by atoms with E-state index in [0.29, 0.717) is 17.8 Å². The maximum absolute atomic E-state index is 12.5. The second-order valence-corrected chi connectivity index (χ2v) is 6.43. The minimum Gasteiger partial charge on any atom is -0.394 e. The summed E-state index contributed by atoms with van der Waals surface area (Å²) in [6.07, 6.45) is -4.53. The van der Waals surface area contributed by atoms with E-state index >= 15 is 0 Å². The summed E-state index contributed by atoms with van der Waals surface area (Å²) >= 11 is 0. The zero-order chi connectivity index (χ0) is 17.3. The van der Waals surface area contributed by atoms with E-state index in [1.54, 1.807) is 6.92 Å². The van der Waals surface area contributed by atoms with Crippen LogP contribution in [0.4, 0.5) is 19.0 Å². The zero-order valence-corrected chi connectivity index (χ0v) is 12.8. The van der Waals surface area contributed by atoms with Crippen molar-refractivity contribution in [1.82, 2.24) is 9.78 Å². The first-order valence-corrected chi connectivity index (χ1v) is 7.97. The summed E-state index contributed by atoms with van der Waals surface area (Å²) < 4.78 is 65.4. The molecule has 0 aliphatic rings. The van der Waals surface area contributed by atoms with Gasteiger partial charge in [0.1, 0.15) is 0 Å². The van der Waals surface area contributed by atoms with Gasteiger partial charge in [-0.1, -0.05) is 0 Å². The van der Waals surface area contributed by atoms with Crippen molar-refractivity contribution in [3.63, 3.8) is 0 Å². The molecule has 2 N–H and O–H groups in total. The molecule has 1 heterocycles. The number of aromatic nitrogens is 2. The van der Waals surface area contributed by atoms with Gasteiger partial charge in [-0.2, -0.15) is 18.3 Å². The molecule has 0 unspecified atom stereocenters. The number of aliphatic hydroxyl groups excluding tert-OH is 1. The highest BCUT2D eigenvalue weighted by Gasteiger charge is 2.30. The lowest BCUT2D eigenvalue weighted by atomic mass is 10.2.